The SMILES string of the molecule is CN1CCCCC(CNC(=O)CN)C1. The lowest BCUT2D eigenvalue weighted by Crippen LogP contribution is -2.37. The summed E-state index contributed by atoms with van der Waals surface area (Å²) in [6, 6.07) is 0. The Hall–Kier alpha value is -0.610. The maximum absolute atomic E-state index is 11.0. The summed E-state index contributed by atoms with van der Waals surface area (Å²) in [5, 5.41) is 2.86. The van der Waals surface area contributed by atoms with Crippen molar-refractivity contribution in [1.29, 1.82) is 0 Å². The van der Waals surface area contributed by atoms with Crippen LogP contribution in [0.3, 0.4) is 0 Å². The first kappa shape index (κ1) is 11.5. The molecular weight excluding hydrogens is 178 g/mol. The van der Waals surface area contributed by atoms with Gasteiger partial charge < -0.3 is 16.0 Å². The van der Waals surface area contributed by atoms with Crippen molar-refractivity contribution in [2.75, 3.05) is 33.2 Å². The lowest BCUT2D eigenvalue weighted by molar-refractivity contribution is -0.119. The first-order valence-electron chi connectivity index (χ1n) is 5.37. The van der Waals surface area contributed by atoms with Gasteiger partial charge in [0.15, 0.2) is 0 Å². The lowest BCUT2D eigenvalue weighted by atomic mass is 10.0. The summed E-state index contributed by atoms with van der Waals surface area (Å²) in [5.41, 5.74) is 5.22. The summed E-state index contributed by atoms with van der Waals surface area (Å²) in [6.45, 7) is 3.15. The fourth-order valence-electron chi connectivity index (χ4n) is 1.94. The molecule has 0 spiro atoms. The molecule has 1 amide bonds. The van der Waals surface area contributed by atoms with E-state index >= 15 is 0 Å². The number of rotatable bonds is 3. The molecule has 0 saturated carbocycles. The fourth-order valence-corrected chi connectivity index (χ4v) is 1.94. The highest BCUT2D eigenvalue weighted by Gasteiger charge is 2.15. The molecule has 0 bridgehead atoms. The van der Waals surface area contributed by atoms with Gasteiger partial charge in [-0.25, -0.2) is 0 Å². The molecule has 1 heterocycles. The predicted octanol–water partition coefficient (Wildman–Crippen LogP) is -0.207. The smallest absolute Gasteiger partial charge is 0.233 e. The van der Waals surface area contributed by atoms with Crippen LogP contribution in [0, 0.1) is 5.92 Å². The summed E-state index contributed by atoms with van der Waals surface area (Å²) < 4.78 is 0. The van der Waals surface area contributed by atoms with Crippen molar-refractivity contribution >= 4 is 5.91 Å². The molecule has 0 radical (unpaired) electrons. The number of hydrogen-bond donors (Lipinski definition) is 2. The van der Waals surface area contributed by atoms with Gasteiger partial charge in [-0.3, -0.25) is 4.79 Å². The van der Waals surface area contributed by atoms with Crippen LogP contribution in [0.5, 0.6) is 0 Å². The van der Waals surface area contributed by atoms with Crippen molar-refractivity contribution in [2.45, 2.75) is 19.3 Å². The Balaban J connectivity index is 2.24. The van der Waals surface area contributed by atoms with E-state index in [2.05, 4.69) is 17.3 Å². The van der Waals surface area contributed by atoms with E-state index in [9.17, 15) is 4.79 Å². The molecule has 4 heteroatoms. The Morgan fingerprint density at radius 3 is 3.07 bits per heavy atom. The van der Waals surface area contributed by atoms with Crippen LogP contribution in [-0.4, -0.2) is 44.0 Å². The first-order valence-corrected chi connectivity index (χ1v) is 5.37. The van der Waals surface area contributed by atoms with Crippen LogP contribution < -0.4 is 11.1 Å². The van der Waals surface area contributed by atoms with Gasteiger partial charge in [0.1, 0.15) is 0 Å². The zero-order valence-electron chi connectivity index (χ0n) is 8.96. The number of amides is 1. The van der Waals surface area contributed by atoms with Crippen molar-refractivity contribution in [2.24, 2.45) is 11.7 Å². The van der Waals surface area contributed by atoms with Gasteiger partial charge in [0, 0.05) is 13.1 Å². The molecule has 0 aromatic carbocycles. The van der Waals surface area contributed by atoms with Gasteiger partial charge in [-0.15, -0.1) is 0 Å². The molecule has 0 aliphatic carbocycles. The molecule has 14 heavy (non-hydrogen) atoms. The molecule has 4 nitrogen and oxygen atoms in total. The predicted molar refractivity (Wildman–Crippen MR) is 56.9 cm³/mol. The Morgan fingerprint density at radius 2 is 2.36 bits per heavy atom. The minimum absolute atomic E-state index is 0.0445. The maximum Gasteiger partial charge on any atom is 0.233 e. The highest BCUT2D eigenvalue weighted by Crippen LogP contribution is 2.14. The Kier molecular flexibility index (Phi) is 4.90. The number of carbonyl (C=O) groups is 1. The number of carbonyl (C=O) groups excluding carboxylic acids is 1. The second-order valence-corrected chi connectivity index (χ2v) is 4.13. The number of likely N-dealkylation sites (tertiary alicyclic amines) is 1. The van der Waals surface area contributed by atoms with Crippen molar-refractivity contribution in [3.05, 3.63) is 0 Å². The fraction of sp³-hybridized carbons (Fsp3) is 0.900. The standard InChI is InChI=1S/C10H21N3O/c1-13-5-3-2-4-9(8-13)7-12-10(14)6-11/h9H,2-8,11H2,1H3,(H,12,14). The number of nitrogens with two attached hydrogens (primary N) is 1. The summed E-state index contributed by atoms with van der Waals surface area (Å²) in [7, 11) is 2.14. The van der Waals surface area contributed by atoms with E-state index in [1.165, 1.54) is 25.8 Å². The zero-order valence-corrected chi connectivity index (χ0v) is 8.96. The molecule has 1 atom stereocenters. The van der Waals surface area contributed by atoms with Crippen molar-refractivity contribution in [3.8, 4) is 0 Å². The molecule has 1 aliphatic rings. The van der Waals surface area contributed by atoms with Crippen LogP contribution in [0.1, 0.15) is 19.3 Å². The Labute approximate surface area is 85.8 Å². The van der Waals surface area contributed by atoms with Gasteiger partial charge in [-0.05, 0) is 32.4 Å². The number of nitrogens with one attached hydrogen (secondary N) is 1. The van der Waals surface area contributed by atoms with Crippen LogP contribution >= 0.6 is 0 Å². The van der Waals surface area contributed by atoms with Crippen LogP contribution in [0.25, 0.3) is 0 Å². The molecule has 1 saturated heterocycles. The Bertz CT molecular complexity index is 184. The molecule has 0 aromatic rings. The summed E-state index contributed by atoms with van der Waals surface area (Å²) >= 11 is 0. The average Bonchev–Trinajstić information content (AvgIpc) is 2.39. The minimum atomic E-state index is -0.0445. The van der Waals surface area contributed by atoms with E-state index < -0.39 is 0 Å². The van der Waals surface area contributed by atoms with E-state index in [-0.39, 0.29) is 12.5 Å². The normalized spacial score (nSPS) is 24.3. The highest BCUT2D eigenvalue weighted by molar-refractivity contribution is 5.77. The number of hydrogen-bond acceptors (Lipinski definition) is 3. The van der Waals surface area contributed by atoms with Crippen LogP contribution in [0.15, 0.2) is 0 Å². The molecular formula is C10H21N3O. The van der Waals surface area contributed by atoms with E-state index in [4.69, 9.17) is 5.73 Å². The van der Waals surface area contributed by atoms with Crippen LogP contribution in [-0.2, 0) is 4.79 Å². The van der Waals surface area contributed by atoms with E-state index in [0.29, 0.717) is 5.92 Å². The van der Waals surface area contributed by atoms with Crippen LogP contribution in [0.4, 0.5) is 0 Å². The van der Waals surface area contributed by atoms with Gasteiger partial charge in [0.2, 0.25) is 5.91 Å². The largest absolute Gasteiger partial charge is 0.355 e. The third-order valence-corrected chi connectivity index (χ3v) is 2.75. The molecule has 1 unspecified atom stereocenters. The minimum Gasteiger partial charge on any atom is -0.355 e. The summed E-state index contributed by atoms with van der Waals surface area (Å²) in [5.74, 6) is 0.551. The third-order valence-electron chi connectivity index (χ3n) is 2.75. The first-order chi connectivity index (χ1) is 6.72. The van der Waals surface area contributed by atoms with Crippen molar-refractivity contribution < 1.29 is 4.79 Å². The van der Waals surface area contributed by atoms with Crippen molar-refractivity contribution in [3.63, 3.8) is 0 Å². The highest BCUT2D eigenvalue weighted by atomic mass is 16.1. The van der Waals surface area contributed by atoms with Gasteiger partial charge in [-0.1, -0.05) is 6.42 Å². The molecule has 82 valence electrons. The van der Waals surface area contributed by atoms with Crippen LogP contribution in [0.2, 0.25) is 0 Å². The second kappa shape index (κ2) is 5.98. The lowest BCUT2D eigenvalue weighted by Gasteiger charge is -2.19. The maximum atomic E-state index is 11.0. The molecule has 0 aromatic heterocycles. The van der Waals surface area contributed by atoms with E-state index in [0.717, 1.165) is 13.1 Å². The number of nitrogens with zero attached hydrogens (tertiary/aromatic N) is 1. The second-order valence-electron chi connectivity index (χ2n) is 4.13. The molecule has 1 aliphatic heterocycles. The molecule has 1 rings (SSSR count). The summed E-state index contributed by atoms with van der Waals surface area (Å²) in [6.07, 6.45) is 3.76. The zero-order chi connectivity index (χ0) is 10.4. The average molecular weight is 199 g/mol. The van der Waals surface area contributed by atoms with Gasteiger partial charge in [-0.2, -0.15) is 0 Å². The van der Waals surface area contributed by atoms with E-state index in [1.54, 1.807) is 0 Å². The van der Waals surface area contributed by atoms with Gasteiger partial charge >= 0.3 is 0 Å². The van der Waals surface area contributed by atoms with Crippen molar-refractivity contribution in [1.82, 2.24) is 10.2 Å². The van der Waals surface area contributed by atoms with Gasteiger partial charge in [0.25, 0.3) is 0 Å². The van der Waals surface area contributed by atoms with E-state index in [1.807, 2.05) is 0 Å². The Morgan fingerprint density at radius 1 is 1.57 bits per heavy atom. The summed E-state index contributed by atoms with van der Waals surface area (Å²) in [4.78, 5) is 13.3. The topological polar surface area (TPSA) is 58.4 Å². The molecule has 1 fully saturated rings. The monoisotopic (exact) mass is 199 g/mol. The molecule has 3 N–H and O–H groups in total. The third kappa shape index (κ3) is 4.07. The van der Waals surface area contributed by atoms with Gasteiger partial charge in [0.05, 0.1) is 6.54 Å². The quantitative estimate of drug-likeness (QED) is 0.661.